The Morgan fingerprint density at radius 2 is 2.11 bits per heavy atom. The van der Waals surface area contributed by atoms with Crippen LogP contribution in [-0.2, 0) is 14.3 Å². The zero-order chi connectivity index (χ0) is 13.7. The maximum Gasteiger partial charge on any atom is 0.347 e. The molecular formula is C12H14BrNO4. The van der Waals surface area contributed by atoms with Crippen molar-refractivity contribution < 1.29 is 19.1 Å². The van der Waals surface area contributed by atoms with Gasteiger partial charge in [-0.2, -0.15) is 0 Å². The number of carbonyl (C=O) groups excluding carboxylic acids is 2. The second-order valence-electron chi connectivity index (χ2n) is 3.54. The zero-order valence-corrected chi connectivity index (χ0v) is 11.7. The molecular weight excluding hydrogens is 302 g/mol. The molecule has 1 unspecified atom stereocenters. The lowest BCUT2D eigenvalue weighted by atomic mass is 10.2. The Labute approximate surface area is 113 Å². The van der Waals surface area contributed by atoms with E-state index in [9.17, 15) is 9.59 Å². The molecule has 6 heteroatoms. The Balaban J connectivity index is 2.76. The number of ether oxygens (including phenoxy) is 2. The number of halogens is 1. The second kappa shape index (κ2) is 6.39. The van der Waals surface area contributed by atoms with Crippen LogP contribution >= 0.6 is 15.9 Å². The first-order chi connectivity index (χ1) is 8.45. The molecule has 0 aliphatic rings. The molecule has 1 aromatic rings. The van der Waals surface area contributed by atoms with Crippen molar-refractivity contribution in [3.05, 3.63) is 28.2 Å². The molecule has 0 spiro atoms. The third-order valence-electron chi connectivity index (χ3n) is 2.11. The van der Waals surface area contributed by atoms with Crippen LogP contribution in [0.4, 0.5) is 5.69 Å². The third-order valence-corrected chi connectivity index (χ3v) is 2.80. The Morgan fingerprint density at radius 1 is 1.44 bits per heavy atom. The molecule has 18 heavy (non-hydrogen) atoms. The van der Waals surface area contributed by atoms with Gasteiger partial charge >= 0.3 is 11.9 Å². The number of esters is 2. The molecule has 0 saturated heterocycles. The molecule has 0 aliphatic carbocycles. The van der Waals surface area contributed by atoms with Gasteiger partial charge in [0.2, 0.25) is 0 Å². The molecule has 0 aliphatic heterocycles. The van der Waals surface area contributed by atoms with Crippen LogP contribution in [0, 0.1) is 0 Å². The van der Waals surface area contributed by atoms with Gasteiger partial charge in [0, 0.05) is 10.2 Å². The number of hydrogen-bond donors (Lipinski definition) is 1. The van der Waals surface area contributed by atoms with E-state index >= 15 is 0 Å². The standard InChI is InChI=1S/C12H14BrNO4/c1-3-17-11(15)7(2)18-12(16)9-6-8(14)4-5-10(9)13/h4-7H,3,14H2,1-2H3. The van der Waals surface area contributed by atoms with E-state index in [0.29, 0.717) is 10.2 Å². The van der Waals surface area contributed by atoms with Crippen molar-refractivity contribution in [1.29, 1.82) is 0 Å². The Hall–Kier alpha value is -1.56. The molecule has 0 aromatic heterocycles. The van der Waals surface area contributed by atoms with E-state index in [2.05, 4.69) is 15.9 Å². The van der Waals surface area contributed by atoms with Crippen molar-refractivity contribution in [3.8, 4) is 0 Å². The summed E-state index contributed by atoms with van der Waals surface area (Å²) in [6, 6.07) is 4.76. The molecule has 0 fully saturated rings. The third kappa shape index (κ3) is 3.73. The lowest BCUT2D eigenvalue weighted by Crippen LogP contribution is -2.26. The van der Waals surface area contributed by atoms with Crippen LogP contribution in [0.5, 0.6) is 0 Å². The minimum absolute atomic E-state index is 0.239. The smallest absolute Gasteiger partial charge is 0.347 e. The SMILES string of the molecule is CCOC(=O)C(C)OC(=O)c1cc(N)ccc1Br. The average molecular weight is 316 g/mol. The van der Waals surface area contributed by atoms with Crippen molar-refractivity contribution in [1.82, 2.24) is 0 Å². The minimum atomic E-state index is -0.953. The summed E-state index contributed by atoms with van der Waals surface area (Å²) in [5.74, 6) is -1.21. The van der Waals surface area contributed by atoms with E-state index in [1.807, 2.05) is 0 Å². The summed E-state index contributed by atoms with van der Waals surface area (Å²) in [4.78, 5) is 23.1. The molecule has 98 valence electrons. The molecule has 5 nitrogen and oxygen atoms in total. The fraction of sp³-hybridized carbons (Fsp3) is 0.333. The quantitative estimate of drug-likeness (QED) is 0.680. The van der Waals surface area contributed by atoms with Crippen LogP contribution in [-0.4, -0.2) is 24.6 Å². The Morgan fingerprint density at radius 3 is 2.72 bits per heavy atom. The fourth-order valence-corrected chi connectivity index (χ4v) is 1.64. The number of anilines is 1. The fourth-order valence-electron chi connectivity index (χ4n) is 1.23. The van der Waals surface area contributed by atoms with E-state index < -0.39 is 18.0 Å². The van der Waals surface area contributed by atoms with E-state index in [-0.39, 0.29) is 12.2 Å². The first kappa shape index (κ1) is 14.5. The van der Waals surface area contributed by atoms with Crippen LogP contribution in [0.2, 0.25) is 0 Å². The summed E-state index contributed by atoms with van der Waals surface area (Å²) in [6.45, 7) is 3.37. The summed E-state index contributed by atoms with van der Waals surface area (Å²) in [6.07, 6.45) is -0.953. The highest BCUT2D eigenvalue weighted by molar-refractivity contribution is 9.10. The van der Waals surface area contributed by atoms with Crippen molar-refractivity contribution in [2.24, 2.45) is 0 Å². The predicted octanol–water partition coefficient (Wildman–Crippen LogP) is 2.14. The van der Waals surface area contributed by atoms with Gasteiger partial charge in [-0.3, -0.25) is 0 Å². The molecule has 1 aromatic carbocycles. The average Bonchev–Trinajstić information content (AvgIpc) is 2.32. The number of benzene rings is 1. The summed E-state index contributed by atoms with van der Waals surface area (Å²) in [5, 5.41) is 0. The highest BCUT2D eigenvalue weighted by atomic mass is 79.9. The van der Waals surface area contributed by atoms with Gasteiger partial charge in [0.05, 0.1) is 12.2 Å². The monoisotopic (exact) mass is 315 g/mol. The lowest BCUT2D eigenvalue weighted by molar-refractivity contribution is -0.152. The van der Waals surface area contributed by atoms with Gasteiger partial charge in [-0.05, 0) is 48.0 Å². The van der Waals surface area contributed by atoms with Gasteiger partial charge in [-0.1, -0.05) is 0 Å². The largest absolute Gasteiger partial charge is 0.463 e. The molecule has 0 heterocycles. The summed E-state index contributed by atoms with van der Waals surface area (Å²) in [7, 11) is 0. The first-order valence-electron chi connectivity index (χ1n) is 5.38. The Bertz CT molecular complexity index is 461. The predicted molar refractivity (Wildman–Crippen MR) is 70.1 cm³/mol. The van der Waals surface area contributed by atoms with Gasteiger partial charge in [0.25, 0.3) is 0 Å². The van der Waals surface area contributed by atoms with Crippen LogP contribution in [0.3, 0.4) is 0 Å². The van der Waals surface area contributed by atoms with Gasteiger partial charge < -0.3 is 15.2 Å². The highest BCUT2D eigenvalue weighted by Gasteiger charge is 2.21. The molecule has 0 radical (unpaired) electrons. The number of hydrogen-bond acceptors (Lipinski definition) is 5. The number of rotatable bonds is 4. The van der Waals surface area contributed by atoms with Crippen molar-refractivity contribution >= 4 is 33.6 Å². The highest BCUT2D eigenvalue weighted by Crippen LogP contribution is 2.21. The maximum absolute atomic E-state index is 11.8. The molecule has 0 amide bonds. The van der Waals surface area contributed by atoms with Gasteiger partial charge in [-0.15, -0.1) is 0 Å². The number of nitrogens with two attached hydrogens (primary N) is 1. The van der Waals surface area contributed by atoms with Crippen molar-refractivity contribution in [3.63, 3.8) is 0 Å². The van der Waals surface area contributed by atoms with Crippen molar-refractivity contribution in [2.45, 2.75) is 20.0 Å². The number of nitrogen functional groups attached to an aromatic ring is 1. The summed E-state index contributed by atoms with van der Waals surface area (Å²) < 4.78 is 10.3. The van der Waals surface area contributed by atoms with E-state index in [4.69, 9.17) is 15.2 Å². The second-order valence-corrected chi connectivity index (χ2v) is 4.39. The molecule has 1 rings (SSSR count). The minimum Gasteiger partial charge on any atom is -0.463 e. The van der Waals surface area contributed by atoms with Gasteiger partial charge in [-0.25, -0.2) is 9.59 Å². The molecule has 2 N–H and O–H groups in total. The van der Waals surface area contributed by atoms with Crippen LogP contribution < -0.4 is 5.73 Å². The van der Waals surface area contributed by atoms with E-state index in [0.717, 1.165) is 0 Å². The summed E-state index contributed by atoms with van der Waals surface area (Å²) >= 11 is 3.22. The normalized spacial score (nSPS) is 11.7. The van der Waals surface area contributed by atoms with Crippen LogP contribution in [0.1, 0.15) is 24.2 Å². The van der Waals surface area contributed by atoms with E-state index in [1.54, 1.807) is 19.1 Å². The number of carbonyl (C=O) groups is 2. The van der Waals surface area contributed by atoms with Gasteiger partial charge in [0.15, 0.2) is 6.10 Å². The van der Waals surface area contributed by atoms with Crippen molar-refractivity contribution in [2.75, 3.05) is 12.3 Å². The topological polar surface area (TPSA) is 78.6 Å². The van der Waals surface area contributed by atoms with Gasteiger partial charge in [0.1, 0.15) is 0 Å². The molecule has 1 atom stereocenters. The van der Waals surface area contributed by atoms with Crippen LogP contribution in [0.15, 0.2) is 22.7 Å². The molecule has 0 bridgehead atoms. The zero-order valence-electron chi connectivity index (χ0n) is 10.1. The van der Waals surface area contributed by atoms with Crippen LogP contribution in [0.25, 0.3) is 0 Å². The lowest BCUT2D eigenvalue weighted by Gasteiger charge is -2.12. The summed E-state index contributed by atoms with van der Waals surface area (Å²) in [5.41, 5.74) is 6.29. The first-order valence-corrected chi connectivity index (χ1v) is 6.17. The molecule has 0 saturated carbocycles. The maximum atomic E-state index is 11.8. The Kier molecular flexibility index (Phi) is 5.15. The van der Waals surface area contributed by atoms with E-state index in [1.165, 1.54) is 13.0 Å².